The third-order valence-electron chi connectivity index (χ3n) is 5.62. The summed E-state index contributed by atoms with van der Waals surface area (Å²) in [7, 11) is 0. The molecule has 1 aliphatic carbocycles. The predicted molar refractivity (Wildman–Crippen MR) is 110 cm³/mol. The molecule has 1 aromatic rings. The molecule has 9 nitrogen and oxygen atoms in total. The zero-order valence-electron chi connectivity index (χ0n) is 16.6. The van der Waals surface area contributed by atoms with Crippen LogP contribution in [0.25, 0.3) is 0 Å². The van der Waals surface area contributed by atoms with Gasteiger partial charge in [0.25, 0.3) is 5.69 Å². The van der Waals surface area contributed by atoms with E-state index in [1.165, 1.54) is 25.3 Å². The first kappa shape index (κ1) is 20.9. The minimum atomic E-state index is -0.478. The number of nitro groups is 1. The summed E-state index contributed by atoms with van der Waals surface area (Å²) in [6, 6.07) is 6.54. The van der Waals surface area contributed by atoms with Gasteiger partial charge in [0.1, 0.15) is 5.69 Å². The van der Waals surface area contributed by atoms with Crippen molar-refractivity contribution < 1.29 is 14.5 Å². The van der Waals surface area contributed by atoms with Crippen molar-refractivity contribution in [1.82, 2.24) is 15.5 Å². The second-order valence-corrected chi connectivity index (χ2v) is 7.74. The molecule has 9 heteroatoms. The summed E-state index contributed by atoms with van der Waals surface area (Å²) in [6.07, 6.45) is 7.14. The Morgan fingerprint density at radius 1 is 1.00 bits per heavy atom. The molecule has 29 heavy (non-hydrogen) atoms. The summed E-state index contributed by atoms with van der Waals surface area (Å²) < 4.78 is 0. The molecule has 1 heterocycles. The van der Waals surface area contributed by atoms with Crippen LogP contribution in [0.3, 0.4) is 0 Å². The molecule has 0 aromatic heterocycles. The lowest BCUT2D eigenvalue weighted by Crippen LogP contribution is -2.52. The second kappa shape index (κ2) is 10.1. The van der Waals surface area contributed by atoms with E-state index in [4.69, 9.17) is 0 Å². The third-order valence-corrected chi connectivity index (χ3v) is 5.62. The first-order valence-electron chi connectivity index (χ1n) is 10.3. The Kier molecular flexibility index (Phi) is 7.26. The van der Waals surface area contributed by atoms with Crippen LogP contribution in [0.4, 0.5) is 16.2 Å². The largest absolute Gasteiger partial charge is 0.371 e. The molecule has 1 saturated heterocycles. The number of urea groups is 1. The van der Waals surface area contributed by atoms with Gasteiger partial charge in [0, 0.05) is 31.2 Å². The summed E-state index contributed by atoms with van der Waals surface area (Å²) in [5, 5.41) is 19.9. The molecular formula is C20H29N5O4. The quantitative estimate of drug-likeness (QED) is 0.499. The van der Waals surface area contributed by atoms with Crippen molar-refractivity contribution >= 4 is 23.3 Å². The minimum Gasteiger partial charge on any atom is -0.371 e. The topological polar surface area (TPSA) is 117 Å². The van der Waals surface area contributed by atoms with Crippen molar-refractivity contribution in [2.75, 3.05) is 25.0 Å². The number of rotatable bonds is 6. The van der Waals surface area contributed by atoms with E-state index in [1.807, 2.05) is 4.90 Å². The average Bonchev–Trinajstić information content (AvgIpc) is 2.73. The molecule has 1 aliphatic heterocycles. The standard InChI is InChI=1S/C20H29N5O4/c26-19(14-21-17-8-4-5-9-18(17)25(28)29)22-16-10-12-24(13-11-16)20(27)23-15-6-2-1-3-7-15/h4-5,8-9,15-16,21H,1-3,6-7,10-14H2,(H,22,26)(H,23,27). The van der Waals surface area contributed by atoms with Crippen LogP contribution in [-0.4, -0.2) is 53.5 Å². The van der Waals surface area contributed by atoms with Crippen molar-refractivity contribution in [3.05, 3.63) is 34.4 Å². The van der Waals surface area contributed by atoms with Crippen LogP contribution in [0.15, 0.2) is 24.3 Å². The van der Waals surface area contributed by atoms with E-state index in [-0.39, 0.29) is 30.2 Å². The van der Waals surface area contributed by atoms with Crippen LogP contribution in [0.2, 0.25) is 0 Å². The number of amides is 3. The van der Waals surface area contributed by atoms with Crippen molar-refractivity contribution in [2.24, 2.45) is 0 Å². The molecular weight excluding hydrogens is 374 g/mol. The summed E-state index contributed by atoms with van der Waals surface area (Å²) in [6.45, 7) is 1.19. The highest BCUT2D eigenvalue weighted by molar-refractivity contribution is 5.82. The molecule has 0 spiro atoms. The van der Waals surface area contributed by atoms with Gasteiger partial charge in [-0.05, 0) is 31.7 Å². The Labute approximate surface area is 170 Å². The zero-order valence-corrected chi connectivity index (χ0v) is 16.6. The van der Waals surface area contributed by atoms with Crippen LogP contribution >= 0.6 is 0 Å². The Morgan fingerprint density at radius 3 is 2.34 bits per heavy atom. The van der Waals surface area contributed by atoms with E-state index in [2.05, 4.69) is 16.0 Å². The molecule has 3 rings (SSSR count). The SMILES string of the molecule is O=C(CNc1ccccc1[N+](=O)[O-])NC1CCN(C(=O)NC2CCCCC2)CC1. The zero-order chi connectivity index (χ0) is 20.6. The maximum atomic E-state index is 12.4. The van der Waals surface area contributed by atoms with Gasteiger partial charge in [-0.3, -0.25) is 14.9 Å². The van der Waals surface area contributed by atoms with Gasteiger partial charge in [0.05, 0.1) is 11.5 Å². The molecule has 1 saturated carbocycles. The van der Waals surface area contributed by atoms with Crippen LogP contribution < -0.4 is 16.0 Å². The fourth-order valence-electron chi connectivity index (χ4n) is 3.98. The average molecular weight is 403 g/mol. The lowest BCUT2D eigenvalue weighted by Gasteiger charge is -2.34. The summed E-state index contributed by atoms with van der Waals surface area (Å²) in [5.74, 6) is -0.215. The van der Waals surface area contributed by atoms with E-state index >= 15 is 0 Å². The fourth-order valence-corrected chi connectivity index (χ4v) is 3.98. The molecule has 0 radical (unpaired) electrons. The number of likely N-dealkylation sites (tertiary alicyclic amines) is 1. The van der Waals surface area contributed by atoms with Gasteiger partial charge in [0.2, 0.25) is 5.91 Å². The number of hydrogen-bond acceptors (Lipinski definition) is 5. The van der Waals surface area contributed by atoms with Gasteiger partial charge in [-0.25, -0.2) is 4.79 Å². The van der Waals surface area contributed by atoms with Crippen molar-refractivity contribution in [3.8, 4) is 0 Å². The summed E-state index contributed by atoms with van der Waals surface area (Å²) >= 11 is 0. The van der Waals surface area contributed by atoms with Gasteiger partial charge >= 0.3 is 6.03 Å². The molecule has 0 atom stereocenters. The number of nitro benzene ring substituents is 1. The maximum Gasteiger partial charge on any atom is 0.317 e. The Balaban J connectivity index is 1.38. The third kappa shape index (κ3) is 6.07. The number of nitrogens with zero attached hydrogens (tertiary/aromatic N) is 2. The summed E-state index contributed by atoms with van der Waals surface area (Å²) in [5.41, 5.74) is 0.263. The van der Waals surface area contributed by atoms with E-state index in [0.29, 0.717) is 37.7 Å². The number of para-hydroxylation sites is 2. The normalized spacial score (nSPS) is 18.1. The molecule has 1 aromatic carbocycles. The van der Waals surface area contributed by atoms with Crippen LogP contribution in [0.1, 0.15) is 44.9 Å². The van der Waals surface area contributed by atoms with Crippen molar-refractivity contribution in [3.63, 3.8) is 0 Å². The van der Waals surface area contributed by atoms with E-state index < -0.39 is 4.92 Å². The van der Waals surface area contributed by atoms with Gasteiger partial charge < -0.3 is 20.9 Å². The van der Waals surface area contributed by atoms with Crippen molar-refractivity contribution in [2.45, 2.75) is 57.0 Å². The van der Waals surface area contributed by atoms with Crippen LogP contribution in [-0.2, 0) is 4.79 Å². The molecule has 2 fully saturated rings. The highest BCUT2D eigenvalue weighted by Crippen LogP contribution is 2.23. The number of carbonyl (C=O) groups excluding carboxylic acids is 2. The van der Waals surface area contributed by atoms with E-state index in [9.17, 15) is 19.7 Å². The predicted octanol–water partition coefficient (Wildman–Crippen LogP) is 2.63. The van der Waals surface area contributed by atoms with E-state index in [1.54, 1.807) is 18.2 Å². The number of anilines is 1. The van der Waals surface area contributed by atoms with Gasteiger partial charge in [0.15, 0.2) is 0 Å². The molecule has 3 N–H and O–H groups in total. The molecule has 158 valence electrons. The molecule has 3 amide bonds. The minimum absolute atomic E-state index is 0.000250. The number of nitrogens with one attached hydrogen (secondary N) is 3. The number of carbonyl (C=O) groups is 2. The fraction of sp³-hybridized carbons (Fsp3) is 0.600. The van der Waals surface area contributed by atoms with Gasteiger partial charge in [-0.15, -0.1) is 0 Å². The van der Waals surface area contributed by atoms with Crippen molar-refractivity contribution in [1.29, 1.82) is 0 Å². The Morgan fingerprint density at radius 2 is 1.66 bits per heavy atom. The smallest absolute Gasteiger partial charge is 0.317 e. The number of piperidine rings is 1. The van der Waals surface area contributed by atoms with Crippen LogP contribution in [0.5, 0.6) is 0 Å². The van der Waals surface area contributed by atoms with Gasteiger partial charge in [-0.2, -0.15) is 0 Å². The highest BCUT2D eigenvalue weighted by Gasteiger charge is 2.25. The number of hydrogen-bond donors (Lipinski definition) is 3. The van der Waals surface area contributed by atoms with E-state index in [0.717, 1.165) is 12.8 Å². The molecule has 0 bridgehead atoms. The van der Waals surface area contributed by atoms with Crippen LogP contribution in [0, 0.1) is 10.1 Å². The molecule has 2 aliphatic rings. The first-order valence-corrected chi connectivity index (χ1v) is 10.3. The Bertz CT molecular complexity index is 727. The maximum absolute atomic E-state index is 12.4. The second-order valence-electron chi connectivity index (χ2n) is 7.74. The van der Waals surface area contributed by atoms with Gasteiger partial charge in [-0.1, -0.05) is 31.4 Å². The molecule has 0 unspecified atom stereocenters. The highest BCUT2D eigenvalue weighted by atomic mass is 16.6. The summed E-state index contributed by atoms with van der Waals surface area (Å²) in [4.78, 5) is 37.0. The lowest BCUT2D eigenvalue weighted by molar-refractivity contribution is -0.383. The monoisotopic (exact) mass is 403 g/mol. The first-order chi connectivity index (χ1) is 14.0. The lowest BCUT2D eigenvalue weighted by atomic mass is 9.95. The Hall–Kier alpha value is -2.84. The number of benzene rings is 1.